The van der Waals surface area contributed by atoms with E-state index in [1.54, 1.807) is 39.0 Å². The number of nitrogens with zero attached hydrogens (tertiary/aromatic N) is 1. The Morgan fingerprint density at radius 2 is 1.79 bits per heavy atom. The van der Waals surface area contributed by atoms with Crippen molar-refractivity contribution in [3.8, 4) is 0 Å². The Bertz CT molecular complexity index is 547. The Labute approximate surface area is 124 Å². The fraction of sp³-hybridized carbons (Fsp3) is 0.500. The Morgan fingerprint density at radius 3 is 2.26 bits per heavy atom. The molecular formula is C12H18Cl2N2O2S. The van der Waals surface area contributed by atoms with Gasteiger partial charge in [0.25, 0.3) is 10.2 Å². The third-order valence-electron chi connectivity index (χ3n) is 2.86. The normalized spacial score (nSPS) is 14.1. The molecule has 1 aromatic rings. The topological polar surface area (TPSA) is 49.4 Å². The highest BCUT2D eigenvalue weighted by Crippen LogP contribution is 2.26. The molecule has 4 nitrogen and oxygen atoms in total. The van der Waals surface area contributed by atoms with Gasteiger partial charge in [-0.3, -0.25) is 0 Å². The van der Waals surface area contributed by atoms with Crippen LogP contribution in [0.15, 0.2) is 18.2 Å². The van der Waals surface area contributed by atoms with Crippen molar-refractivity contribution in [1.29, 1.82) is 0 Å². The van der Waals surface area contributed by atoms with Crippen LogP contribution in [0, 0.1) is 0 Å². The van der Waals surface area contributed by atoms with Crippen LogP contribution in [0.4, 0.5) is 0 Å². The SMILES string of the molecule is CC(C)N(C)S(=O)(=O)N[C@H](C)c1ccc(Cl)cc1Cl. The number of nitrogens with one attached hydrogen (secondary N) is 1. The molecule has 0 aliphatic heterocycles. The molecule has 0 saturated carbocycles. The third-order valence-corrected chi connectivity index (χ3v) is 5.25. The summed E-state index contributed by atoms with van der Waals surface area (Å²) in [6, 6.07) is 4.43. The summed E-state index contributed by atoms with van der Waals surface area (Å²) in [5, 5.41) is 0.956. The minimum atomic E-state index is -3.54. The molecule has 0 bridgehead atoms. The fourth-order valence-corrected chi connectivity index (χ4v) is 3.37. The van der Waals surface area contributed by atoms with Crippen molar-refractivity contribution in [3.63, 3.8) is 0 Å². The largest absolute Gasteiger partial charge is 0.279 e. The molecule has 0 fully saturated rings. The molecule has 0 aromatic heterocycles. The van der Waals surface area contributed by atoms with Gasteiger partial charge in [-0.2, -0.15) is 17.4 Å². The van der Waals surface area contributed by atoms with Gasteiger partial charge in [0.05, 0.1) is 0 Å². The molecule has 0 aliphatic rings. The van der Waals surface area contributed by atoms with Gasteiger partial charge in [-0.1, -0.05) is 29.3 Å². The average Bonchev–Trinajstić information content (AvgIpc) is 2.26. The van der Waals surface area contributed by atoms with Gasteiger partial charge in [0, 0.05) is 29.2 Å². The summed E-state index contributed by atoms with van der Waals surface area (Å²) in [5.41, 5.74) is 0.687. The minimum absolute atomic E-state index is 0.120. The van der Waals surface area contributed by atoms with Crippen molar-refractivity contribution in [2.75, 3.05) is 7.05 Å². The highest BCUT2D eigenvalue weighted by Gasteiger charge is 2.23. The second-order valence-electron chi connectivity index (χ2n) is 4.62. The van der Waals surface area contributed by atoms with E-state index >= 15 is 0 Å². The van der Waals surface area contributed by atoms with E-state index in [1.165, 1.54) is 11.4 Å². The Morgan fingerprint density at radius 1 is 1.21 bits per heavy atom. The smallest absolute Gasteiger partial charge is 0.195 e. The van der Waals surface area contributed by atoms with Crippen molar-refractivity contribution >= 4 is 33.4 Å². The number of rotatable bonds is 5. The zero-order chi connectivity index (χ0) is 14.8. The molecule has 0 radical (unpaired) electrons. The van der Waals surface area contributed by atoms with Crippen LogP contribution in [-0.2, 0) is 10.2 Å². The molecule has 1 N–H and O–H groups in total. The molecule has 1 rings (SSSR count). The van der Waals surface area contributed by atoms with Crippen molar-refractivity contribution in [2.45, 2.75) is 32.9 Å². The van der Waals surface area contributed by atoms with Crippen LogP contribution < -0.4 is 4.72 Å². The summed E-state index contributed by atoms with van der Waals surface area (Å²) in [6.07, 6.45) is 0. The quantitative estimate of drug-likeness (QED) is 0.903. The summed E-state index contributed by atoms with van der Waals surface area (Å²) in [5.74, 6) is 0. The summed E-state index contributed by atoms with van der Waals surface area (Å²) in [4.78, 5) is 0. The van der Waals surface area contributed by atoms with Crippen LogP contribution in [0.5, 0.6) is 0 Å². The lowest BCUT2D eigenvalue weighted by Crippen LogP contribution is -2.42. The number of hydrogen-bond donors (Lipinski definition) is 1. The molecule has 0 saturated heterocycles. The van der Waals surface area contributed by atoms with Gasteiger partial charge in [-0.05, 0) is 38.5 Å². The molecule has 1 atom stereocenters. The van der Waals surface area contributed by atoms with E-state index in [0.29, 0.717) is 15.6 Å². The summed E-state index contributed by atoms with van der Waals surface area (Å²) in [7, 11) is -2.01. The fourth-order valence-electron chi connectivity index (χ4n) is 1.50. The van der Waals surface area contributed by atoms with E-state index in [1.807, 2.05) is 0 Å². The maximum atomic E-state index is 12.1. The first-order valence-corrected chi connectivity index (χ1v) is 8.05. The molecule has 108 valence electrons. The average molecular weight is 325 g/mol. The molecule has 19 heavy (non-hydrogen) atoms. The molecule has 0 unspecified atom stereocenters. The molecule has 0 spiro atoms. The summed E-state index contributed by atoms with van der Waals surface area (Å²) < 4.78 is 28.0. The predicted molar refractivity (Wildman–Crippen MR) is 79.8 cm³/mol. The standard InChI is InChI=1S/C12H18Cl2N2O2S/c1-8(2)16(4)19(17,18)15-9(3)11-6-5-10(13)7-12(11)14/h5-9,15H,1-4H3/t9-/m1/s1. The monoisotopic (exact) mass is 324 g/mol. The molecular weight excluding hydrogens is 307 g/mol. The van der Waals surface area contributed by atoms with E-state index in [2.05, 4.69) is 4.72 Å². The Kier molecular flexibility index (Phi) is 5.65. The van der Waals surface area contributed by atoms with Crippen LogP contribution in [0.3, 0.4) is 0 Å². The lowest BCUT2D eigenvalue weighted by atomic mass is 10.1. The molecule has 0 heterocycles. The van der Waals surface area contributed by atoms with Gasteiger partial charge in [0.15, 0.2) is 0 Å². The first-order valence-electron chi connectivity index (χ1n) is 5.85. The number of benzene rings is 1. The highest BCUT2D eigenvalue weighted by atomic mass is 35.5. The van der Waals surface area contributed by atoms with Crippen LogP contribution in [0.2, 0.25) is 10.0 Å². The Hall–Kier alpha value is -0.330. The van der Waals surface area contributed by atoms with Crippen LogP contribution in [0.1, 0.15) is 32.4 Å². The lowest BCUT2D eigenvalue weighted by molar-refractivity contribution is 0.398. The van der Waals surface area contributed by atoms with Crippen molar-refractivity contribution in [3.05, 3.63) is 33.8 Å². The zero-order valence-corrected chi connectivity index (χ0v) is 13.6. The third kappa shape index (κ3) is 4.33. The first-order chi connectivity index (χ1) is 8.65. The van der Waals surface area contributed by atoms with E-state index in [-0.39, 0.29) is 6.04 Å². The first kappa shape index (κ1) is 16.7. The molecule has 0 aliphatic carbocycles. The second kappa shape index (κ2) is 6.41. The van der Waals surface area contributed by atoms with Crippen LogP contribution >= 0.6 is 23.2 Å². The lowest BCUT2D eigenvalue weighted by Gasteiger charge is -2.24. The summed E-state index contributed by atoms with van der Waals surface area (Å²) in [6.45, 7) is 5.35. The molecule has 1 aromatic carbocycles. The maximum absolute atomic E-state index is 12.1. The zero-order valence-electron chi connectivity index (χ0n) is 11.3. The van der Waals surface area contributed by atoms with Crippen LogP contribution in [0.25, 0.3) is 0 Å². The van der Waals surface area contributed by atoms with Gasteiger partial charge >= 0.3 is 0 Å². The predicted octanol–water partition coefficient (Wildman–Crippen LogP) is 3.23. The van der Waals surface area contributed by atoms with Gasteiger partial charge in [-0.25, -0.2) is 0 Å². The van der Waals surface area contributed by atoms with Gasteiger partial charge < -0.3 is 0 Å². The van der Waals surface area contributed by atoms with E-state index in [4.69, 9.17) is 23.2 Å². The second-order valence-corrected chi connectivity index (χ2v) is 7.23. The molecule has 7 heteroatoms. The van der Waals surface area contributed by atoms with E-state index < -0.39 is 16.3 Å². The maximum Gasteiger partial charge on any atom is 0.279 e. The van der Waals surface area contributed by atoms with Crippen molar-refractivity contribution < 1.29 is 8.42 Å². The number of halogens is 2. The van der Waals surface area contributed by atoms with Gasteiger partial charge in [0.1, 0.15) is 0 Å². The van der Waals surface area contributed by atoms with Gasteiger partial charge in [0.2, 0.25) is 0 Å². The molecule has 0 amide bonds. The van der Waals surface area contributed by atoms with Crippen molar-refractivity contribution in [2.24, 2.45) is 0 Å². The Balaban J connectivity index is 2.94. The summed E-state index contributed by atoms with van der Waals surface area (Å²) >= 11 is 11.9. The van der Waals surface area contributed by atoms with Crippen molar-refractivity contribution in [1.82, 2.24) is 9.03 Å². The van der Waals surface area contributed by atoms with Gasteiger partial charge in [-0.15, -0.1) is 0 Å². The minimum Gasteiger partial charge on any atom is -0.195 e. The van der Waals surface area contributed by atoms with E-state index in [0.717, 1.165) is 0 Å². The number of hydrogen-bond acceptors (Lipinski definition) is 2. The highest BCUT2D eigenvalue weighted by molar-refractivity contribution is 7.87. The van der Waals surface area contributed by atoms with E-state index in [9.17, 15) is 8.42 Å². The van der Waals surface area contributed by atoms with Crippen LogP contribution in [-0.4, -0.2) is 25.8 Å².